The first-order chi connectivity index (χ1) is 16.8. The van der Waals surface area contributed by atoms with E-state index in [9.17, 15) is 9.90 Å². The Bertz CT molecular complexity index is 1470. The van der Waals surface area contributed by atoms with Crippen molar-refractivity contribution >= 4 is 34.8 Å². The molecule has 0 bridgehead atoms. The first-order valence-electron chi connectivity index (χ1n) is 11.4. The molecular weight excluding hydrogens is 476 g/mol. The Morgan fingerprint density at radius 3 is 2.46 bits per heavy atom. The van der Waals surface area contributed by atoms with Gasteiger partial charge < -0.3 is 5.11 Å². The van der Waals surface area contributed by atoms with Gasteiger partial charge in [0.05, 0.1) is 11.6 Å². The number of rotatable bonds is 5. The third-order valence-electron chi connectivity index (χ3n) is 6.61. The summed E-state index contributed by atoms with van der Waals surface area (Å²) >= 11 is 3.39. The molecule has 1 aliphatic rings. The van der Waals surface area contributed by atoms with Crippen LogP contribution >= 0.6 is 23.1 Å². The highest BCUT2D eigenvalue weighted by atomic mass is 32.2. The maximum atomic E-state index is 12.0. The van der Waals surface area contributed by atoms with Crippen molar-refractivity contribution in [1.82, 2.24) is 14.8 Å². The van der Waals surface area contributed by atoms with E-state index in [1.807, 2.05) is 11.5 Å². The lowest BCUT2D eigenvalue weighted by atomic mass is 9.96. The van der Waals surface area contributed by atoms with Gasteiger partial charge in [0.25, 0.3) is 0 Å². The van der Waals surface area contributed by atoms with Crippen LogP contribution in [-0.2, 0) is 4.79 Å². The van der Waals surface area contributed by atoms with Crippen LogP contribution in [0.5, 0.6) is 0 Å². The minimum absolute atomic E-state index is 0.570. The van der Waals surface area contributed by atoms with E-state index in [-0.39, 0.29) is 0 Å². The van der Waals surface area contributed by atoms with Crippen LogP contribution in [0, 0.1) is 26.7 Å². The van der Waals surface area contributed by atoms with Gasteiger partial charge in [-0.1, -0.05) is 36.4 Å². The highest BCUT2D eigenvalue weighted by molar-refractivity contribution is 7.98. The summed E-state index contributed by atoms with van der Waals surface area (Å²) in [7, 11) is 0. The number of thioether (sulfide) groups is 1. The van der Waals surface area contributed by atoms with Crippen LogP contribution in [-0.4, -0.2) is 37.8 Å². The number of aryl methyl sites for hydroxylation is 2. The molecule has 0 saturated carbocycles. The summed E-state index contributed by atoms with van der Waals surface area (Å²) in [6, 6.07) is 16.2. The quantitative estimate of drug-likeness (QED) is 0.326. The van der Waals surface area contributed by atoms with Gasteiger partial charge in [0, 0.05) is 20.9 Å². The number of carbonyl (C=O) groups is 1. The van der Waals surface area contributed by atoms with Crippen molar-refractivity contribution in [2.24, 2.45) is 10.9 Å². The van der Waals surface area contributed by atoms with Crippen molar-refractivity contribution in [3.63, 3.8) is 0 Å². The number of carboxylic acids is 1. The van der Waals surface area contributed by atoms with E-state index >= 15 is 0 Å². The van der Waals surface area contributed by atoms with Gasteiger partial charge in [0.15, 0.2) is 5.82 Å². The number of thiophene rings is 1. The van der Waals surface area contributed by atoms with Crippen molar-refractivity contribution in [1.29, 1.82) is 0 Å². The Morgan fingerprint density at radius 1 is 1.06 bits per heavy atom. The van der Waals surface area contributed by atoms with Gasteiger partial charge in [-0.2, -0.15) is 0 Å². The molecule has 178 valence electrons. The summed E-state index contributed by atoms with van der Waals surface area (Å²) in [6.07, 6.45) is 2.08. The molecule has 1 unspecified atom stereocenters. The van der Waals surface area contributed by atoms with Crippen LogP contribution in [0.15, 0.2) is 58.4 Å². The van der Waals surface area contributed by atoms with Gasteiger partial charge >= 0.3 is 5.97 Å². The van der Waals surface area contributed by atoms with Gasteiger partial charge in [-0.3, -0.25) is 14.4 Å². The van der Waals surface area contributed by atoms with Crippen molar-refractivity contribution < 1.29 is 9.90 Å². The summed E-state index contributed by atoms with van der Waals surface area (Å²) in [4.78, 5) is 19.5. The predicted octanol–water partition coefficient (Wildman–Crippen LogP) is 6.26. The monoisotopic (exact) mass is 502 g/mol. The molecule has 2 aromatic carbocycles. The largest absolute Gasteiger partial charge is 0.481 e. The normalized spacial score (nSPS) is 15.7. The summed E-state index contributed by atoms with van der Waals surface area (Å²) in [5.74, 6) is -0.366. The molecule has 1 N–H and O–H groups in total. The van der Waals surface area contributed by atoms with E-state index < -0.39 is 17.9 Å². The van der Waals surface area contributed by atoms with E-state index in [0.717, 1.165) is 44.4 Å². The third kappa shape index (κ3) is 4.00. The van der Waals surface area contributed by atoms with Crippen LogP contribution in [0.4, 0.5) is 0 Å². The fourth-order valence-electron chi connectivity index (χ4n) is 4.44. The first kappa shape index (κ1) is 23.5. The Kier molecular flexibility index (Phi) is 6.11. The molecule has 1 aliphatic heterocycles. The number of fused-ring (bicyclic) bond motifs is 3. The Balaban J connectivity index is 1.69. The number of hydrogen-bond donors (Lipinski definition) is 1. The molecule has 5 rings (SSSR count). The van der Waals surface area contributed by atoms with Crippen molar-refractivity contribution in [3.8, 4) is 16.1 Å². The average molecular weight is 503 g/mol. The van der Waals surface area contributed by atoms with Gasteiger partial charge in [0.2, 0.25) is 0 Å². The molecule has 35 heavy (non-hydrogen) atoms. The summed E-state index contributed by atoms with van der Waals surface area (Å²) in [5, 5.41) is 19.5. The second-order valence-corrected chi connectivity index (χ2v) is 10.8. The van der Waals surface area contributed by atoms with E-state index in [0.29, 0.717) is 5.82 Å². The second-order valence-electron chi connectivity index (χ2n) is 8.76. The number of aromatic nitrogens is 3. The maximum Gasteiger partial charge on any atom is 0.308 e. The number of carboxylic acid groups (broad SMARTS) is 1. The number of nitrogens with zero attached hydrogens (tertiary/aromatic N) is 4. The van der Waals surface area contributed by atoms with Gasteiger partial charge in [-0.05, 0) is 62.8 Å². The van der Waals surface area contributed by atoms with E-state index in [2.05, 4.69) is 78.8 Å². The molecule has 0 spiro atoms. The van der Waals surface area contributed by atoms with Gasteiger partial charge in [-0.25, -0.2) is 0 Å². The van der Waals surface area contributed by atoms with Crippen molar-refractivity contribution in [2.75, 3.05) is 6.26 Å². The molecule has 0 saturated heterocycles. The van der Waals surface area contributed by atoms with Crippen LogP contribution in [0.1, 0.15) is 46.2 Å². The lowest BCUT2D eigenvalue weighted by Crippen LogP contribution is -2.21. The zero-order valence-electron chi connectivity index (χ0n) is 20.2. The Hall–Kier alpha value is -3.23. The molecule has 0 radical (unpaired) electrons. The van der Waals surface area contributed by atoms with E-state index in [1.165, 1.54) is 9.77 Å². The first-order valence-corrected chi connectivity index (χ1v) is 13.4. The smallest absolute Gasteiger partial charge is 0.308 e. The molecule has 4 aromatic rings. The zero-order chi connectivity index (χ0) is 24.9. The topological polar surface area (TPSA) is 80.4 Å². The van der Waals surface area contributed by atoms with Crippen LogP contribution < -0.4 is 0 Å². The number of hydrogen-bond acceptors (Lipinski definition) is 6. The molecular formula is C27H26N4O2S2. The summed E-state index contributed by atoms with van der Waals surface area (Å²) in [6.45, 7) is 7.78. The lowest BCUT2D eigenvalue weighted by molar-refractivity contribution is -0.141. The zero-order valence-corrected chi connectivity index (χ0v) is 21.9. The van der Waals surface area contributed by atoms with Crippen molar-refractivity contribution in [3.05, 3.63) is 81.7 Å². The molecule has 3 heterocycles. The highest BCUT2D eigenvalue weighted by Crippen LogP contribution is 2.40. The number of benzene rings is 2. The van der Waals surface area contributed by atoms with Crippen molar-refractivity contribution in [2.45, 2.75) is 38.6 Å². The third-order valence-corrected chi connectivity index (χ3v) is 8.53. The maximum absolute atomic E-state index is 12.0. The minimum atomic E-state index is -0.910. The Labute approximate surface area is 212 Å². The average Bonchev–Trinajstić information content (AvgIpc) is 3.33. The van der Waals surface area contributed by atoms with E-state index in [1.54, 1.807) is 30.0 Å². The summed E-state index contributed by atoms with van der Waals surface area (Å²) < 4.78 is 1.99. The second kappa shape index (κ2) is 9.09. The Morgan fingerprint density at radius 2 is 1.77 bits per heavy atom. The standard InChI is InChI=1S/C27H26N4O2S2/c1-14-16(3)35-26-22(14)24(28-23(15(2)27(32)33)25-30-29-17(4)31(25)26)19-11-9-18(10-12-19)20-7-6-8-21(13-20)34-5/h6-13,15,23H,1-5H3,(H,32,33)/t15?,23-/m0/s1. The lowest BCUT2D eigenvalue weighted by Gasteiger charge is -2.16. The predicted molar refractivity (Wildman–Crippen MR) is 142 cm³/mol. The minimum Gasteiger partial charge on any atom is -0.481 e. The van der Waals surface area contributed by atoms with Crippen LogP contribution in [0.3, 0.4) is 0 Å². The highest BCUT2D eigenvalue weighted by Gasteiger charge is 2.36. The SMILES string of the molecule is CSc1cccc(-c2ccc(C3=N[C@@H](C(C)C(=O)O)c4nnc(C)n4-c4sc(C)c(C)c43)cc2)c1. The molecule has 8 heteroatoms. The van der Waals surface area contributed by atoms with Gasteiger partial charge in [-0.15, -0.1) is 33.3 Å². The fourth-order valence-corrected chi connectivity index (χ4v) is 6.11. The van der Waals surface area contributed by atoms with E-state index in [4.69, 9.17) is 4.99 Å². The van der Waals surface area contributed by atoms with Crippen LogP contribution in [0.25, 0.3) is 16.1 Å². The molecule has 2 atom stereocenters. The summed E-state index contributed by atoms with van der Waals surface area (Å²) in [5.41, 5.74) is 6.21. The van der Waals surface area contributed by atoms with Gasteiger partial charge in [0.1, 0.15) is 16.9 Å². The fraction of sp³-hybridized carbons (Fsp3) is 0.259. The molecule has 0 fully saturated rings. The number of aliphatic imine (C=N–C) groups is 1. The molecule has 6 nitrogen and oxygen atoms in total. The number of aliphatic carboxylic acids is 1. The van der Waals surface area contributed by atoms with Crippen LogP contribution in [0.2, 0.25) is 0 Å². The molecule has 0 amide bonds. The molecule has 2 aromatic heterocycles. The molecule has 0 aliphatic carbocycles.